The molecule has 1 aliphatic heterocycles. The molecule has 3 N–H and O–H groups in total. The van der Waals surface area contributed by atoms with E-state index < -0.39 is 21.9 Å². The Balaban J connectivity index is 1.55. The Morgan fingerprint density at radius 3 is 2.35 bits per heavy atom. The van der Waals surface area contributed by atoms with Gasteiger partial charge in [0.25, 0.3) is 5.91 Å². The van der Waals surface area contributed by atoms with Crippen molar-refractivity contribution >= 4 is 33.5 Å². The molecule has 11 heteroatoms. The number of aromatic nitrogens is 1. The number of ether oxygens (including phenoxy) is 1. The number of hydrogen-bond donors (Lipinski definition) is 2. The van der Waals surface area contributed by atoms with E-state index >= 15 is 0 Å². The largest absolute Gasteiger partial charge is 0.462 e. The zero-order valence-electron chi connectivity index (χ0n) is 19.3. The molecule has 1 aromatic carbocycles. The highest BCUT2D eigenvalue weighted by molar-refractivity contribution is 7.89. The fourth-order valence-corrected chi connectivity index (χ4v) is 5.30. The summed E-state index contributed by atoms with van der Waals surface area (Å²) >= 11 is 0. The van der Waals surface area contributed by atoms with Crippen molar-refractivity contribution in [3.05, 3.63) is 47.8 Å². The summed E-state index contributed by atoms with van der Waals surface area (Å²) in [6.45, 7) is 2.75. The van der Waals surface area contributed by atoms with Crippen molar-refractivity contribution in [3.63, 3.8) is 0 Å². The summed E-state index contributed by atoms with van der Waals surface area (Å²) in [6, 6.07) is 7.73. The number of nitrogens with zero attached hydrogens (tertiary/aromatic N) is 2. The maximum atomic E-state index is 12.9. The molecule has 2 aromatic rings. The molecule has 0 atom stereocenters. The summed E-state index contributed by atoms with van der Waals surface area (Å²) in [4.78, 5) is 36.1. The number of rotatable bonds is 9. The number of esters is 1. The Kier molecular flexibility index (Phi) is 8.11. The molecule has 0 bridgehead atoms. The van der Waals surface area contributed by atoms with E-state index in [-0.39, 0.29) is 35.5 Å². The monoisotopic (exact) mass is 490 g/mol. The van der Waals surface area contributed by atoms with Crippen LogP contribution in [0.4, 0.5) is 5.69 Å². The maximum Gasteiger partial charge on any atom is 0.338 e. The minimum absolute atomic E-state index is 0.0000112. The molecule has 2 heterocycles. The highest BCUT2D eigenvalue weighted by Crippen LogP contribution is 2.26. The van der Waals surface area contributed by atoms with E-state index in [4.69, 9.17) is 10.5 Å². The van der Waals surface area contributed by atoms with Gasteiger partial charge in [-0.2, -0.15) is 4.31 Å². The normalized spacial score (nSPS) is 15.1. The number of carbonyl (C=O) groups excluding carboxylic acids is 3. The van der Waals surface area contributed by atoms with Crippen LogP contribution >= 0.6 is 0 Å². The predicted molar refractivity (Wildman–Crippen MR) is 126 cm³/mol. The molecule has 0 spiro atoms. The molecule has 0 radical (unpaired) electrons. The number of benzene rings is 1. The first-order valence-electron chi connectivity index (χ1n) is 11.2. The Hall–Kier alpha value is -3.18. The van der Waals surface area contributed by atoms with Gasteiger partial charge >= 0.3 is 5.97 Å². The van der Waals surface area contributed by atoms with Gasteiger partial charge < -0.3 is 20.4 Å². The molecule has 1 aliphatic rings. The van der Waals surface area contributed by atoms with Crippen LogP contribution in [-0.2, 0) is 26.6 Å². The second-order valence-electron chi connectivity index (χ2n) is 8.27. The first kappa shape index (κ1) is 25.4. The standard InChI is InChI=1S/C23H30N4O6S/c1-3-4-13-33-23(30)17-5-7-18(8-6-17)25-22(29)16-9-11-27(12-10-16)34(31,32)19-14-20(21(24)28)26(2)15-19/h5-8,14-16H,3-4,9-13H2,1-2H3,(H2,24,28)(H,25,29). The molecular formula is C23H30N4O6S. The van der Waals surface area contributed by atoms with Crippen molar-refractivity contribution in [2.45, 2.75) is 37.5 Å². The summed E-state index contributed by atoms with van der Waals surface area (Å²) in [5.74, 6) is -1.66. The number of aryl methyl sites for hydroxylation is 1. The van der Waals surface area contributed by atoms with Gasteiger partial charge in [-0.25, -0.2) is 13.2 Å². The molecule has 2 amide bonds. The minimum atomic E-state index is -3.80. The number of anilines is 1. The van der Waals surface area contributed by atoms with Crippen LogP contribution in [0, 0.1) is 5.92 Å². The first-order valence-corrected chi connectivity index (χ1v) is 12.6. The van der Waals surface area contributed by atoms with Crippen LogP contribution in [0.2, 0.25) is 0 Å². The van der Waals surface area contributed by atoms with Gasteiger partial charge in [0.15, 0.2) is 0 Å². The van der Waals surface area contributed by atoms with E-state index in [2.05, 4.69) is 5.32 Å². The lowest BCUT2D eigenvalue weighted by Gasteiger charge is -2.30. The Morgan fingerprint density at radius 2 is 1.79 bits per heavy atom. The lowest BCUT2D eigenvalue weighted by Crippen LogP contribution is -2.41. The Morgan fingerprint density at radius 1 is 1.15 bits per heavy atom. The van der Waals surface area contributed by atoms with Crippen molar-refractivity contribution in [1.82, 2.24) is 8.87 Å². The number of carbonyl (C=O) groups is 3. The molecule has 1 aromatic heterocycles. The first-order chi connectivity index (χ1) is 16.1. The van der Waals surface area contributed by atoms with Crippen LogP contribution in [0.25, 0.3) is 0 Å². The van der Waals surface area contributed by atoms with Crippen molar-refractivity contribution in [2.24, 2.45) is 18.7 Å². The Bertz CT molecular complexity index is 1150. The van der Waals surface area contributed by atoms with Gasteiger partial charge in [0.2, 0.25) is 15.9 Å². The number of unbranched alkanes of at least 4 members (excludes halogenated alkanes) is 1. The molecule has 0 aliphatic carbocycles. The van der Waals surface area contributed by atoms with Gasteiger partial charge in [0.05, 0.1) is 12.2 Å². The molecule has 0 unspecified atom stereocenters. The molecule has 10 nitrogen and oxygen atoms in total. The minimum Gasteiger partial charge on any atom is -0.462 e. The van der Waals surface area contributed by atoms with Crippen molar-refractivity contribution in [2.75, 3.05) is 25.0 Å². The third-order valence-corrected chi connectivity index (χ3v) is 7.68. The molecule has 0 saturated carbocycles. The van der Waals surface area contributed by atoms with Gasteiger partial charge in [0.1, 0.15) is 10.6 Å². The van der Waals surface area contributed by atoms with E-state index in [1.807, 2.05) is 6.92 Å². The maximum absolute atomic E-state index is 12.9. The molecular weight excluding hydrogens is 460 g/mol. The topological polar surface area (TPSA) is 141 Å². The zero-order valence-corrected chi connectivity index (χ0v) is 20.1. The van der Waals surface area contributed by atoms with Gasteiger partial charge in [-0.15, -0.1) is 0 Å². The van der Waals surface area contributed by atoms with Crippen LogP contribution in [0.15, 0.2) is 41.4 Å². The Labute approximate surface area is 199 Å². The fourth-order valence-electron chi connectivity index (χ4n) is 3.75. The molecule has 1 saturated heterocycles. The van der Waals surface area contributed by atoms with Crippen LogP contribution in [0.1, 0.15) is 53.5 Å². The average Bonchev–Trinajstić information content (AvgIpc) is 3.22. The molecule has 34 heavy (non-hydrogen) atoms. The van der Waals surface area contributed by atoms with E-state index in [1.165, 1.54) is 21.1 Å². The highest BCUT2D eigenvalue weighted by atomic mass is 32.2. The van der Waals surface area contributed by atoms with Crippen molar-refractivity contribution in [3.8, 4) is 0 Å². The van der Waals surface area contributed by atoms with E-state index in [9.17, 15) is 22.8 Å². The van der Waals surface area contributed by atoms with E-state index in [1.54, 1.807) is 31.3 Å². The SMILES string of the molecule is CCCCOC(=O)c1ccc(NC(=O)C2CCN(S(=O)(=O)c3cc(C(N)=O)n(C)c3)CC2)cc1. The smallest absolute Gasteiger partial charge is 0.338 e. The third kappa shape index (κ3) is 5.84. The fraction of sp³-hybridized carbons (Fsp3) is 0.435. The van der Waals surface area contributed by atoms with Crippen LogP contribution in [0.5, 0.6) is 0 Å². The second-order valence-corrected chi connectivity index (χ2v) is 10.2. The number of nitrogens with one attached hydrogen (secondary N) is 1. The number of piperidine rings is 1. The van der Waals surface area contributed by atoms with Gasteiger partial charge in [-0.05, 0) is 49.6 Å². The quantitative estimate of drug-likeness (QED) is 0.407. The van der Waals surface area contributed by atoms with Gasteiger partial charge in [0, 0.05) is 37.9 Å². The third-order valence-electron chi connectivity index (χ3n) is 5.81. The van der Waals surface area contributed by atoms with E-state index in [0.717, 1.165) is 12.8 Å². The highest BCUT2D eigenvalue weighted by Gasteiger charge is 2.33. The zero-order chi connectivity index (χ0) is 24.9. The lowest BCUT2D eigenvalue weighted by molar-refractivity contribution is -0.120. The van der Waals surface area contributed by atoms with Crippen LogP contribution in [-0.4, -0.2) is 54.8 Å². The average molecular weight is 491 g/mol. The van der Waals surface area contributed by atoms with Crippen LogP contribution < -0.4 is 11.1 Å². The molecule has 184 valence electrons. The molecule has 1 fully saturated rings. The van der Waals surface area contributed by atoms with Crippen molar-refractivity contribution in [1.29, 1.82) is 0 Å². The second kappa shape index (κ2) is 10.8. The van der Waals surface area contributed by atoms with Crippen molar-refractivity contribution < 1.29 is 27.5 Å². The van der Waals surface area contributed by atoms with Crippen LogP contribution in [0.3, 0.4) is 0 Å². The van der Waals surface area contributed by atoms with Gasteiger partial charge in [-0.1, -0.05) is 13.3 Å². The number of sulfonamides is 1. The number of primary amides is 1. The summed E-state index contributed by atoms with van der Waals surface area (Å²) in [7, 11) is -2.24. The summed E-state index contributed by atoms with van der Waals surface area (Å²) < 4.78 is 33.7. The number of amides is 2. The predicted octanol–water partition coefficient (Wildman–Crippen LogP) is 2.12. The number of nitrogens with two attached hydrogens (primary N) is 1. The summed E-state index contributed by atoms with van der Waals surface area (Å²) in [6.07, 6.45) is 3.83. The van der Waals surface area contributed by atoms with E-state index in [0.29, 0.717) is 30.7 Å². The summed E-state index contributed by atoms with van der Waals surface area (Å²) in [5.41, 5.74) is 6.34. The lowest BCUT2D eigenvalue weighted by atomic mass is 9.97. The molecule has 3 rings (SSSR count). The number of hydrogen-bond acceptors (Lipinski definition) is 6. The summed E-state index contributed by atoms with van der Waals surface area (Å²) in [5, 5.41) is 2.82. The van der Waals surface area contributed by atoms with Gasteiger partial charge in [-0.3, -0.25) is 9.59 Å².